The standard InChI is InChI=1S/C16H29IN4O4S/c1-5-10(2)15(16(17)25)20-13(23)6-7-19-14(24)9-26-8-12(11(3)22)21-18-4/h10,12,15,18,21H,5-9H2,1-4H3,(H,19,24)(H,20,23)/t10-,12-,15-/m0/s1. The van der Waals surface area contributed by atoms with Crippen LogP contribution in [0.25, 0.3) is 0 Å². The van der Waals surface area contributed by atoms with E-state index in [4.69, 9.17) is 0 Å². The summed E-state index contributed by atoms with van der Waals surface area (Å²) in [4.78, 5) is 46.7. The number of hydrazine groups is 1. The second kappa shape index (κ2) is 14.4. The Labute approximate surface area is 172 Å². The maximum atomic E-state index is 11.9. The minimum atomic E-state index is -0.498. The first-order chi connectivity index (χ1) is 12.2. The van der Waals surface area contributed by atoms with E-state index in [2.05, 4.69) is 21.5 Å². The first-order valence-electron chi connectivity index (χ1n) is 8.48. The fourth-order valence-corrected chi connectivity index (χ4v) is 3.70. The van der Waals surface area contributed by atoms with Crippen molar-refractivity contribution in [2.45, 2.75) is 45.7 Å². The summed E-state index contributed by atoms with van der Waals surface area (Å²) >= 11 is 3.03. The third-order valence-electron chi connectivity index (χ3n) is 3.78. The number of halogens is 1. The normalized spacial score (nSPS) is 14.2. The van der Waals surface area contributed by atoms with E-state index in [1.807, 2.05) is 13.8 Å². The Balaban J connectivity index is 4.08. The molecule has 0 heterocycles. The Kier molecular flexibility index (Phi) is 14.0. The van der Waals surface area contributed by atoms with Gasteiger partial charge in [0.25, 0.3) is 0 Å². The molecule has 0 aromatic heterocycles. The van der Waals surface area contributed by atoms with Gasteiger partial charge in [0.2, 0.25) is 15.6 Å². The SMILES string of the molecule is CC[C@H](C)[C@H](NC(=O)CCNC(=O)CSC[C@H](NNC)C(C)=O)C(=O)I. The molecule has 0 aromatic rings. The molecule has 0 rings (SSSR count). The lowest BCUT2D eigenvalue weighted by atomic mass is 10.0. The number of Topliss-reactive ketones (excluding diaryl/α,β-unsaturated/α-hetero) is 1. The number of ketones is 1. The maximum Gasteiger partial charge on any atom is 0.230 e. The fraction of sp³-hybridized carbons (Fsp3) is 0.750. The van der Waals surface area contributed by atoms with E-state index in [0.29, 0.717) is 5.75 Å². The van der Waals surface area contributed by atoms with E-state index >= 15 is 0 Å². The van der Waals surface area contributed by atoms with Crippen LogP contribution in [0, 0.1) is 5.92 Å². The van der Waals surface area contributed by atoms with Crippen LogP contribution in [0.3, 0.4) is 0 Å². The first kappa shape index (κ1) is 25.3. The van der Waals surface area contributed by atoms with Crippen molar-refractivity contribution >= 4 is 55.7 Å². The minimum Gasteiger partial charge on any atom is -0.355 e. The zero-order valence-corrected chi connectivity index (χ0v) is 18.7. The van der Waals surface area contributed by atoms with Crippen molar-refractivity contribution < 1.29 is 19.2 Å². The smallest absolute Gasteiger partial charge is 0.230 e. The zero-order valence-electron chi connectivity index (χ0n) is 15.7. The molecule has 0 radical (unpaired) electrons. The Morgan fingerprint density at radius 3 is 2.31 bits per heavy atom. The lowest BCUT2D eigenvalue weighted by molar-refractivity contribution is -0.125. The van der Waals surface area contributed by atoms with E-state index in [-0.39, 0.29) is 52.1 Å². The molecular formula is C16H29IN4O4S. The quantitative estimate of drug-likeness (QED) is 0.155. The van der Waals surface area contributed by atoms with E-state index in [0.717, 1.165) is 6.42 Å². The predicted octanol–water partition coefficient (Wildman–Crippen LogP) is 0.400. The van der Waals surface area contributed by atoms with Gasteiger partial charge in [-0.05, 0) is 19.9 Å². The van der Waals surface area contributed by atoms with Crippen LogP contribution < -0.4 is 21.5 Å². The molecule has 0 aliphatic heterocycles. The van der Waals surface area contributed by atoms with Gasteiger partial charge < -0.3 is 10.6 Å². The summed E-state index contributed by atoms with van der Waals surface area (Å²) in [5.41, 5.74) is 5.54. The fourth-order valence-electron chi connectivity index (χ4n) is 1.97. The molecule has 0 unspecified atom stereocenters. The van der Waals surface area contributed by atoms with Gasteiger partial charge in [-0.25, -0.2) is 5.43 Å². The van der Waals surface area contributed by atoms with E-state index < -0.39 is 6.04 Å². The van der Waals surface area contributed by atoms with Crippen molar-refractivity contribution in [2.75, 3.05) is 25.1 Å². The number of hydrogen-bond donors (Lipinski definition) is 4. The molecule has 0 aliphatic rings. The highest BCUT2D eigenvalue weighted by Crippen LogP contribution is 2.12. The minimum absolute atomic E-state index is 0.00963. The second-order valence-corrected chi connectivity index (χ2v) is 8.00. The van der Waals surface area contributed by atoms with Crippen LogP contribution in [0.2, 0.25) is 0 Å². The zero-order chi connectivity index (χ0) is 20.1. The molecular weight excluding hydrogens is 471 g/mol. The number of thioether (sulfide) groups is 1. The number of amides is 2. The van der Waals surface area contributed by atoms with E-state index in [1.54, 1.807) is 29.6 Å². The third kappa shape index (κ3) is 11.1. The summed E-state index contributed by atoms with van der Waals surface area (Å²) < 4.78 is -0.0964. The van der Waals surface area contributed by atoms with E-state index in [9.17, 15) is 19.2 Å². The largest absolute Gasteiger partial charge is 0.355 e. The van der Waals surface area contributed by atoms with Crippen LogP contribution in [-0.4, -0.2) is 58.6 Å². The van der Waals surface area contributed by atoms with Crippen molar-refractivity contribution in [3.05, 3.63) is 0 Å². The summed E-state index contributed by atoms with van der Waals surface area (Å²) in [7, 11) is 1.68. The van der Waals surface area contributed by atoms with Crippen molar-refractivity contribution in [1.29, 1.82) is 0 Å². The Hall–Kier alpha value is -0.720. The van der Waals surface area contributed by atoms with Gasteiger partial charge >= 0.3 is 0 Å². The summed E-state index contributed by atoms with van der Waals surface area (Å²) in [5.74, 6) is 0.275. The monoisotopic (exact) mass is 500 g/mol. The number of rotatable bonds is 14. The lowest BCUT2D eigenvalue weighted by Gasteiger charge is -2.20. The number of hydrogen-bond acceptors (Lipinski definition) is 7. The van der Waals surface area contributed by atoms with Gasteiger partial charge in [-0.2, -0.15) is 0 Å². The van der Waals surface area contributed by atoms with Gasteiger partial charge in [0, 0.05) is 41.3 Å². The van der Waals surface area contributed by atoms with Crippen LogP contribution >= 0.6 is 34.4 Å². The summed E-state index contributed by atoms with van der Waals surface area (Å²) in [5, 5.41) is 5.39. The van der Waals surface area contributed by atoms with E-state index in [1.165, 1.54) is 18.7 Å². The van der Waals surface area contributed by atoms with Gasteiger partial charge in [-0.15, -0.1) is 11.8 Å². The third-order valence-corrected chi connectivity index (χ3v) is 5.48. The highest BCUT2D eigenvalue weighted by Gasteiger charge is 2.23. The molecule has 10 heteroatoms. The predicted molar refractivity (Wildman–Crippen MR) is 112 cm³/mol. The molecule has 0 spiro atoms. The second-order valence-electron chi connectivity index (χ2n) is 5.91. The Morgan fingerprint density at radius 1 is 1.15 bits per heavy atom. The maximum absolute atomic E-state index is 11.9. The molecule has 4 N–H and O–H groups in total. The highest BCUT2D eigenvalue weighted by atomic mass is 127. The molecule has 0 saturated heterocycles. The van der Waals surface area contributed by atoms with Crippen LogP contribution in [0.5, 0.6) is 0 Å². The van der Waals surface area contributed by atoms with Crippen LogP contribution in [0.4, 0.5) is 0 Å². The van der Waals surface area contributed by atoms with Gasteiger partial charge in [0.1, 0.15) is 11.8 Å². The summed E-state index contributed by atoms with van der Waals surface area (Å²) in [6.45, 7) is 5.57. The van der Waals surface area contributed by atoms with Gasteiger partial charge in [0.05, 0.1) is 11.8 Å². The summed E-state index contributed by atoms with van der Waals surface area (Å²) in [6, 6.07) is -0.852. The average Bonchev–Trinajstić information content (AvgIpc) is 2.57. The Morgan fingerprint density at radius 2 is 1.81 bits per heavy atom. The van der Waals surface area contributed by atoms with Crippen molar-refractivity contribution in [2.24, 2.45) is 5.92 Å². The summed E-state index contributed by atoms with van der Waals surface area (Å²) in [6.07, 6.45) is 0.905. The van der Waals surface area contributed by atoms with Gasteiger partial charge in [0.15, 0.2) is 0 Å². The molecule has 8 nitrogen and oxygen atoms in total. The molecule has 0 fully saturated rings. The van der Waals surface area contributed by atoms with Crippen molar-refractivity contribution in [3.63, 3.8) is 0 Å². The van der Waals surface area contributed by atoms with Gasteiger partial charge in [-0.3, -0.25) is 24.6 Å². The van der Waals surface area contributed by atoms with Crippen molar-refractivity contribution in [1.82, 2.24) is 21.5 Å². The molecule has 3 atom stereocenters. The molecule has 0 bridgehead atoms. The van der Waals surface area contributed by atoms with Crippen LogP contribution in [0.1, 0.15) is 33.6 Å². The number of nitrogens with one attached hydrogen (secondary N) is 4. The molecule has 26 heavy (non-hydrogen) atoms. The topological polar surface area (TPSA) is 116 Å². The molecule has 0 aromatic carbocycles. The lowest BCUT2D eigenvalue weighted by Crippen LogP contribution is -2.45. The molecule has 2 amide bonds. The average molecular weight is 500 g/mol. The molecule has 0 aliphatic carbocycles. The molecule has 0 saturated carbocycles. The first-order valence-corrected chi connectivity index (χ1v) is 10.7. The van der Waals surface area contributed by atoms with Crippen molar-refractivity contribution in [3.8, 4) is 0 Å². The molecule has 150 valence electrons. The van der Waals surface area contributed by atoms with Gasteiger partial charge in [-0.1, -0.05) is 20.3 Å². The Bertz CT molecular complexity index is 493. The number of carbonyl (C=O) groups excluding carboxylic acids is 4. The highest BCUT2D eigenvalue weighted by molar-refractivity contribution is 14.1. The van der Waals surface area contributed by atoms with Crippen LogP contribution in [0.15, 0.2) is 0 Å². The van der Waals surface area contributed by atoms with Crippen LogP contribution in [-0.2, 0) is 19.2 Å². The number of carbonyl (C=O) groups is 4.